The lowest BCUT2D eigenvalue weighted by atomic mass is 10.2. The van der Waals surface area contributed by atoms with Crippen LogP contribution in [-0.2, 0) is 17.1 Å². The normalized spacial score (nSPS) is 10.6. The summed E-state index contributed by atoms with van der Waals surface area (Å²) in [5, 5.41) is 22.7. The average Bonchev–Trinajstić information content (AvgIpc) is 3.31. The van der Waals surface area contributed by atoms with E-state index in [9.17, 15) is 14.9 Å². The largest absolute Gasteiger partial charge is 0.457 e. The summed E-state index contributed by atoms with van der Waals surface area (Å²) in [5.41, 5.74) is 1.93. The van der Waals surface area contributed by atoms with E-state index in [1.54, 1.807) is 28.9 Å². The number of rotatable bonds is 8. The molecule has 0 radical (unpaired) electrons. The molecule has 0 N–H and O–H groups in total. The summed E-state index contributed by atoms with van der Waals surface area (Å²) < 4.78 is 7.07. The molecule has 0 aliphatic heterocycles. The van der Waals surface area contributed by atoms with Gasteiger partial charge in [-0.3, -0.25) is 10.1 Å². The molecule has 10 heteroatoms. The molecule has 4 rings (SSSR count). The minimum atomic E-state index is -0.478. The van der Waals surface area contributed by atoms with Crippen LogP contribution in [-0.4, -0.2) is 31.1 Å². The number of nitro groups is 1. The minimum absolute atomic E-state index is 0.0142. The fourth-order valence-corrected chi connectivity index (χ4v) is 3.86. The van der Waals surface area contributed by atoms with Crippen LogP contribution in [0.4, 0.5) is 5.69 Å². The van der Waals surface area contributed by atoms with Gasteiger partial charge >= 0.3 is 5.97 Å². The van der Waals surface area contributed by atoms with Gasteiger partial charge in [-0.05, 0) is 52.4 Å². The Labute approximate surface area is 187 Å². The number of nitro benzene ring substituents is 1. The third-order valence-electron chi connectivity index (χ3n) is 4.52. The Morgan fingerprint density at radius 1 is 1.00 bits per heavy atom. The Hall–Kier alpha value is -4.05. The van der Waals surface area contributed by atoms with Gasteiger partial charge in [0.25, 0.3) is 5.69 Å². The Kier molecular flexibility index (Phi) is 6.52. The first-order chi connectivity index (χ1) is 15.6. The lowest BCUT2D eigenvalue weighted by molar-refractivity contribution is -0.384. The standard InChI is InChI=1S/C22H17N5O4S/c28-22(31-14-16-10-12-18(13-11-16)27(29)30)19-8-4-5-9-20(19)32-15-21-23-24-25-26(21)17-6-2-1-3-7-17/h1-13H,14-15H2. The first kappa shape index (κ1) is 21.2. The molecule has 32 heavy (non-hydrogen) atoms. The number of benzene rings is 3. The van der Waals surface area contributed by atoms with Gasteiger partial charge in [0.1, 0.15) is 6.61 Å². The predicted molar refractivity (Wildman–Crippen MR) is 117 cm³/mol. The van der Waals surface area contributed by atoms with Crippen molar-refractivity contribution in [3.05, 3.63) is 106 Å². The van der Waals surface area contributed by atoms with Crippen molar-refractivity contribution in [3.8, 4) is 5.69 Å². The zero-order valence-electron chi connectivity index (χ0n) is 16.7. The van der Waals surface area contributed by atoms with Gasteiger partial charge in [-0.25, -0.2) is 4.79 Å². The number of non-ortho nitro benzene ring substituents is 1. The topological polar surface area (TPSA) is 113 Å². The Balaban J connectivity index is 1.42. The SMILES string of the molecule is O=C(OCc1ccc([N+](=O)[O-])cc1)c1ccccc1SCc1nnnn1-c1ccccc1. The molecule has 1 heterocycles. The number of para-hydroxylation sites is 1. The molecule has 0 unspecified atom stereocenters. The van der Waals surface area contributed by atoms with Gasteiger partial charge < -0.3 is 4.74 Å². The molecule has 0 amide bonds. The number of hydrogen-bond acceptors (Lipinski definition) is 8. The highest BCUT2D eigenvalue weighted by molar-refractivity contribution is 7.98. The van der Waals surface area contributed by atoms with Gasteiger partial charge in [0, 0.05) is 17.0 Å². The van der Waals surface area contributed by atoms with E-state index < -0.39 is 10.9 Å². The summed E-state index contributed by atoms with van der Waals surface area (Å²) in [6.45, 7) is 0.0160. The maximum absolute atomic E-state index is 12.7. The first-order valence-corrected chi connectivity index (χ1v) is 10.6. The highest BCUT2D eigenvalue weighted by atomic mass is 32.2. The van der Waals surface area contributed by atoms with Crippen LogP contribution in [0, 0.1) is 10.1 Å². The maximum Gasteiger partial charge on any atom is 0.339 e. The Bertz CT molecular complexity index is 1230. The fourth-order valence-electron chi connectivity index (χ4n) is 2.91. The zero-order valence-corrected chi connectivity index (χ0v) is 17.5. The molecule has 0 aliphatic carbocycles. The second kappa shape index (κ2) is 9.84. The molecule has 0 atom stereocenters. The van der Waals surface area contributed by atoms with Crippen LogP contribution >= 0.6 is 11.8 Å². The number of hydrogen-bond donors (Lipinski definition) is 0. The summed E-state index contributed by atoms with van der Waals surface area (Å²) in [5.74, 6) is 0.624. The van der Waals surface area contributed by atoms with E-state index in [1.807, 2.05) is 42.5 Å². The highest BCUT2D eigenvalue weighted by Crippen LogP contribution is 2.27. The van der Waals surface area contributed by atoms with Crippen molar-refractivity contribution in [2.45, 2.75) is 17.3 Å². The van der Waals surface area contributed by atoms with Gasteiger partial charge in [0.15, 0.2) is 5.82 Å². The van der Waals surface area contributed by atoms with Crippen LogP contribution < -0.4 is 0 Å². The van der Waals surface area contributed by atoms with E-state index >= 15 is 0 Å². The van der Waals surface area contributed by atoms with Crippen molar-refractivity contribution in [1.82, 2.24) is 20.2 Å². The van der Waals surface area contributed by atoms with E-state index in [4.69, 9.17) is 4.74 Å². The van der Waals surface area contributed by atoms with Crippen LogP contribution in [0.2, 0.25) is 0 Å². The van der Waals surface area contributed by atoms with Gasteiger partial charge in [-0.2, -0.15) is 4.68 Å². The molecular formula is C22H17N5O4S. The number of ether oxygens (including phenoxy) is 1. The van der Waals surface area contributed by atoms with Gasteiger partial charge in [0.05, 0.1) is 21.9 Å². The lowest BCUT2D eigenvalue weighted by Gasteiger charge is -2.10. The van der Waals surface area contributed by atoms with Crippen LogP contribution in [0.1, 0.15) is 21.7 Å². The zero-order chi connectivity index (χ0) is 22.3. The van der Waals surface area contributed by atoms with Crippen LogP contribution in [0.25, 0.3) is 5.69 Å². The number of nitrogens with zero attached hydrogens (tertiary/aromatic N) is 5. The Morgan fingerprint density at radius 3 is 2.47 bits per heavy atom. The summed E-state index contributed by atoms with van der Waals surface area (Å²) in [4.78, 5) is 23.7. The molecule has 0 spiro atoms. The summed E-state index contributed by atoms with van der Waals surface area (Å²) in [6, 6.07) is 22.6. The molecular weight excluding hydrogens is 430 g/mol. The molecule has 0 saturated carbocycles. The molecule has 0 bridgehead atoms. The monoisotopic (exact) mass is 447 g/mol. The number of carbonyl (C=O) groups is 1. The molecule has 9 nitrogen and oxygen atoms in total. The molecule has 0 aliphatic rings. The third kappa shape index (κ3) is 4.98. The quantitative estimate of drug-likeness (QED) is 0.171. The summed E-state index contributed by atoms with van der Waals surface area (Å²) >= 11 is 1.43. The second-order valence-corrected chi connectivity index (χ2v) is 7.64. The Morgan fingerprint density at radius 2 is 1.72 bits per heavy atom. The second-order valence-electron chi connectivity index (χ2n) is 6.63. The van der Waals surface area contributed by atoms with Crippen LogP contribution in [0.15, 0.2) is 83.8 Å². The van der Waals surface area contributed by atoms with Gasteiger partial charge in [-0.1, -0.05) is 30.3 Å². The average molecular weight is 447 g/mol. The van der Waals surface area contributed by atoms with E-state index in [1.165, 1.54) is 23.9 Å². The minimum Gasteiger partial charge on any atom is -0.457 e. The molecule has 0 fully saturated rings. The number of esters is 1. The fraction of sp³-hybridized carbons (Fsp3) is 0.0909. The molecule has 0 saturated heterocycles. The number of carbonyl (C=O) groups excluding carboxylic acids is 1. The van der Waals surface area contributed by atoms with Crippen molar-refractivity contribution < 1.29 is 14.5 Å². The van der Waals surface area contributed by atoms with Gasteiger partial charge in [0.2, 0.25) is 0 Å². The highest BCUT2D eigenvalue weighted by Gasteiger charge is 2.15. The predicted octanol–water partition coefficient (Wildman–Crippen LogP) is 4.22. The first-order valence-electron chi connectivity index (χ1n) is 9.57. The lowest BCUT2D eigenvalue weighted by Crippen LogP contribution is -2.07. The summed E-state index contributed by atoms with van der Waals surface area (Å²) in [7, 11) is 0. The van der Waals surface area contributed by atoms with Crippen molar-refractivity contribution in [2.75, 3.05) is 0 Å². The maximum atomic E-state index is 12.7. The molecule has 3 aromatic carbocycles. The third-order valence-corrected chi connectivity index (χ3v) is 5.59. The van der Waals surface area contributed by atoms with Crippen molar-refractivity contribution in [3.63, 3.8) is 0 Å². The van der Waals surface area contributed by atoms with Crippen molar-refractivity contribution >= 4 is 23.4 Å². The van der Waals surface area contributed by atoms with E-state index in [2.05, 4.69) is 15.5 Å². The van der Waals surface area contributed by atoms with E-state index in [0.717, 1.165) is 10.6 Å². The molecule has 4 aromatic rings. The number of tetrazole rings is 1. The van der Waals surface area contributed by atoms with E-state index in [0.29, 0.717) is 22.7 Å². The van der Waals surface area contributed by atoms with Gasteiger partial charge in [-0.15, -0.1) is 16.9 Å². The van der Waals surface area contributed by atoms with E-state index in [-0.39, 0.29) is 12.3 Å². The van der Waals surface area contributed by atoms with Crippen molar-refractivity contribution in [1.29, 1.82) is 0 Å². The van der Waals surface area contributed by atoms with Crippen LogP contribution in [0.5, 0.6) is 0 Å². The van der Waals surface area contributed by atoms with Crippen molar-refractivity contribution in [2.24, 2.45) is 0 Å². The molecule has 1 aromatic heterocycles. The number of thioether (sulfide) groups is 1. The smallest absolute Gasteiger partial charge is 0.339 e. The summed E-state index contributed by atoms with van der Waals surface area (Å²) in [6.07, 6.45) is 0. The molecule has 160 valence electrons. The van der Waals surface area contributed by atoms with Crippen LogP contribution in [0.3, 0.4) is 0 Å². The number of aromatic nitrogens is 4.